The van der Waals surface area contributed by atoms with Gasteiger partial charge >= 0.3 is 0 Å². The minimum absolute atomic E-state index is 0.539. The van der Waals surface area contributed by atoms with Crippen molar-refractivity contribution in [3.05, 3.63) is 35.4 Å². The fourth-order valence-corrected chi connectivity index (χ4v) is 1.02. The molecule has 11 heavy (non-hydrogen) atoms. The second kappa shape index (κ2) is 3.54. The third-order valence-electron chi connectivity index (χ3n) is 1.54. The number of alkyl halides is 1. The van der Waals surface area contributed by atoms with Crippen LogP contribution in [0.25, 0.3) is 0 Å². The van der Waals surface area contributed by atoms with Crippen molar-refractivity contribution in [2.75, 3.05) is 0 Å². The lowest BCUT2D eigenvalue weighted by molar-refractivity contribution is 1.38. The summed E-state index contributed by atoms with van der Waals surface area (Å²) in [6.07, 6.45) is 0. The zero-order chi connectivity index (χ0) is 8.27. The molecule has 0 aliphatic rings. The van der Waals surface area contributed by atoms with Crippen LogP contribution < -0.4 is 0 Å². The van der Waals surface area contributed by atoms with Crippen LogP contribution in [0.15, 0.2) is 24.3 Å². The van der Waals surface area contributed by atoms with E-state index in [1.54, 1.807) is 6.92 Å². The van der Waals surface area contributed by atoms with Crippen LogP contribution in [0.1, 0.15) is 18.1 Å². The fourth-order valence-electron chi connectivity index (χ4n) is 0.844. The molecule has 0 amide bonds. The highest BCUT2D eigenvalue weighted by Crippen LogP contribution is 2.06. The molecule has 1 aromatic carbocycles. The number of benzene rings is 1. The lowest BCUT2D eigenvalue weighted by atomic mass is 10.1. The summed E-state index contributed by atoms with van der Waals surface area (Å²) in [5.41, 5.74) is 2.64. The Kier molecular flexibility index (Phi) is 2.66. The first kappa shape index (κ1) is 8.28. The van der Waals surface area contributed by atoms with E-state index in [2.05, 4.69) is 0 Å². The van der Waals surface area contributed by atoms with Crippen molar-refractivity contribution >= 4 is 17.3 Å². The first-order valence-electron chi connectivity index (χ1n) is 3.44. The van der Waals surface area contributed by atoms with Gasteiger partial charge in [-0.15, -0.1) is 11.6 Å². The van der Waals surface area contributed by atoms with E-state index in [1.165, 1.54) is 0 Å². The minimum Gasteiger partial charge on any atom is -0.305 e. The molecule has 0 spiro atoms. The summed E-state index contributed by atoms with van der Waals surface area (Å²) in [5, 5.41) is 7.33. The van der Waals surface area contributed by atoms with Crippen LogP contribution >= 0.6 is 11.6 Å². The van der Waals surface area contributed by atoms with E-state index < -0.39 is 0 Å². The van der Waals surface area contributed by atoms with Gasteiger partial charge in [0.2, 0.25) is 0 Å². The zero-order valence-corrected chi connectivity index (χ0v) is 7.15. The van der Waals surface area contributed by atoms with E-state index in [4.69, 9.17) is 17.0 Å². The Balaban J connectivity index is 2.91. The first-order chi connectivity index (χ1) is 5.24. The highest BCUT2D eigenvalue weighted by atomic mass is 35.5. The van der Waals surface area contributed by atoms with E-state index in [0.717, 1.165) is 11.1 Å². The lowest BCUT2D eigenvalue weighted by Gasteiger charge is -1.98. The molecule has 0 unspecified atom stereocenters. The summed E-state index contributed by atoms with van der Waals surface area (Å²) in [4.78, 5) is 0. The zero-order valence-electron chi connectivity index (χ0n) is 6.39. The van der Waals surface area contributed by atoms with Crippen molar-refractivity contribution < 1.29 is 0 Å². The van der Waals surface area contributed by atoms with Crippen molar-refractivity contribution in [1.29, 1.82) is 5.41 Å². The molecule has 0 aromatic heterocycles. The van der Waals surface area contributed by atoms with Gasteiger partial charge in [0.1, 0.15) is 0 Å². The molecule has 1 rings (SSSR count). The number of halogens is 1. The standard InChI is InChI=1S/C9H10ClN/c1-7(11)9-4-2-8(6-10)3-5-9/h2-5,11H,6H2,1H3. The van der Waals surface area contributed by atoms with Crippen molar-refractivity contribution in [2.24, 2.45) is 0 Å². The Bertz CT molecular complexity index is 251. The van der Waals surface area contributed by atoms with Gasteiger partial charge in [0, 0.05) is 11.6 Å². The predicted octanol–water partition coefficient (Wildman–Crippen LogP) is 2.81. The summed E-state index contributed by atoms with van der Waals surface area (Å²) in [7, 11) is 0. The third-order valence-corrected chi connectivity index (χ3v) is 1.85. The smallest absolute Gasteiger partial charge is 0.0474 e. The summed E-state index contributed by atoms with van der Waals surface area (Å²) >= 11 is 5.61. The van der Waals surface area contributed by atoms with Crippen LogP contribution in [-0.4, -0.2) is 5.71 Å². The molecule has 0 fully saturated rings. The molecule has 2 heteroatoms. The highest BCUT2D eigenvalue weighted by Gasteiger charge is 1.93. The average molecular weight is 168 g/mol. The average Bonchev–Trinajstić information content (AvgIpc) is 2.05. The van der Waals surface area contributed by atoms with Gasteiger partial charge in [0.15, 0.2) is 0 Å². The summed E-state index contributed by atoms with van der Waals surface area (Å²) in [6, 6.07) is 7.72. The molecule has 0 heterocycles. The van der Waals surface area contributed by atoms with Crippen LogP contribution in [0.2, 0.25) is 0 Å². The molecule has 1 aromatic rings. The topological polar surface area (TPSA) is 23.9 Å². The SMILES string of the molecule is CC(=N)c1ccc(CCl)cc1. The molecular weight excluding hydrogens is 158 g/mol. The van der Waals surface area contributed by atoms with Gasteiger partial charge in [0.25, 0.3) is 0 Å². The molecular formula is C9H10ClN. The molecule has 0 aliphatic heterocycles. The molecule has 0 saturated heterocycles. The van der Waals surface area contributed by atoms with Gasteiger partial charge < -0.3 is 5.41 Å². The predicted molar refractivity (Wildman–Crippen MR) is 48.5 cm³/mol. The van der Waals surface area contributed by atoms with Crippen LogP contribution in [0.5, 0.6) is 0 Å². The maximum absolute atomic E-state index is 7.33. The molecule has 1 nitrogen and oxygen atoms in total. The maximum Gasteiger partial charge on any atom is 0.0474 e. The molecule has 0 radical (unpaired) electrons. The van der Waals surface area contributed by atoms with Gasteiger partial charge in [-0.2, -0.15) is 0 Å². The van der Waals surface area contributed by atoms with E-state index >= 15 is 0 Å². The normalized spacial score (nSPS) is 9.64. The molecule has 0 aliphatic carbocycles. The van der Waals surface area contributed by atoms with Crippen LogP contribution in [0.4, 0.5) is 0 Å². The Hall–Kier alpha value is -0.820. The summed E-state index contributed by atoms with van der Waals surface area (Å²) < 4.78 is 0. The largest absolute Gasteiger partial charge is 0.305 e. The second-order valence-corrected chi connectivity index (χ2v) is 2.72. The lowest BCUT2D eigenvalue weighted by Crippen LogP contribution is -1.91. The number of hydrogen-bond donors (Lipinski definition) is 1. The van der Waals surface area contributed by atoms with Crippen molar-refractivity contribution in [3.8, 4) is 0 Å². The maximum atomic E-state index is 7.33. The number of rotatable bonds is 2. The number of hydrogen-bond acceptors (Lipinski definition) is 1. The molecule has 1 N–H and O–H groups in total. The van der Waals surface area contributed by atoms with Crippen LogP contribution in [0.3, 0.4) is 0 Å². The highest BCUT2D eigenvalue weighted by molar-refractivity contribution is 6.17. The van der Waals surface area contributed by atoms with Gasteiger partial charge in [-0.25, -0.2) is 0 Å². The monoisotopic (exact) mass is 167 g/mol. The third kappa shape index (κ3) is 2.05. The molecule has 0 atom stereocenters. The first-order valence-corrected chi connectivity index (χ1v) is 3.98. The Morgan fingerprint density at radius 3 is 2.27 bits per heavy atom. The Morgan fingerprint density at radius 2 is 1.91 bits per heavy atom. The summed E-state index contributed by atoms with van der Waals surface area (Å²) in [5.74, 6) is 0.539. The Morgan fingerprint density at radius 1 is 1.36 bits per heavy atom. The van der Waals surface area contributed by atoms with Crippen LogP contribution in [0, 0.1) is 5.41 Å². The quantitative estimate of drug-likeness (QED) is 0.518. The fraction of sp³-hybridized carbons (Fsp3) is 0.222. The van der Waals surface area contributed by atoms with E-state index in [1.807, 2.05) is 24.3 Å². The molecule has 58 valence electrons. The van der Waals surface area contributed by atoms with Gasteiger partial charge in [-0.1, -0.05) is 24.3 Å². The summed E-state index contributed by atoms with van der Waals surface area (Å²) in [6.45, 7) is 1.77. The Labute approximate surface area is 71.5 Å². The number of nitrogens with one attached hydrogen (secondary N) is 1. The van der Waals surface area contributed by atoms with Crippen molar-refractivity contribution in [1.82, 2.24) is 0 Å². The van der Waals surface area contributed by atoms with Crippen molar-refractivity contribution in [3.63, 3.8) is 0 Å². The molecule has 0 saturated carbocycles. The van der Waals surface area contributed by atoms with Crippen molar-refractivity contribution in [2.45, 2.75) is 12.8 Å². The van der Waals surface area contributed by atoms with Gasteiger partial charge in [-0.3, -0.25) is 0 Å². The van der Waals surface area contributed by atoms with E-state index in [0.29, 0.717) is 11.6 Å². The second-order valence-electron chi connectivity index (χ2n) is 2.46. The van der Waals surface area contributed by atoms with E-state index in [-0.39, 0.29) is 0 Å². The van der Waals surface area contributed by atoms with Gasteiger partial charge in [0.05, 0.1) is 0 Å². The van der Waals surface area contributed by atoms with Gasteiger partial charge in [-0.05, 0) is 18.1 Å². The van der Waals surface area contributed by atoms with E-state index in [9.17, 15) is 0 Å². The molecule has 0 bridgehead atoms. The minimum atomic E-state index is 0.539. The van der Waals surface area contributed by atoms with Crippen LogP contribution in [-0.2, 0) is 5.88 Å².